The highest BCUT2D eigenvalue weighted by molar-refractivity contribution is 6.14. The molecule has 236 valence electrons. The summed E-state index contributed by atoms with van der Waals surface area (Å²) >= 11 is 0. The Bertz CT molecular complexity index is 2380. The number of hydrogen-bond acceptors (Lipinski definition) is 4. The van der Waals surface area contributed by atoms with Gasteiger partial charge in [-0.05, 0) is 85.6 Å². The molecule has 8 rings (SSSR count). The van der Waals surface area contributed by atoms with Crippen LogP contribution in [0.2, 0.25) is 0 Å². The molecule has 4 aromatic heterocycles. The van der Waals surface area contributed by atoms with Gasteiger partial charge in [0.15, 0.2) is 0 Å². The summed E-state index contributed by atoms with van der Waals surface area (Å²) in [6, 6.07) is 45.5. The molecule has 4 aromatic carbocycles. The van der Waals surface area contributed by atoms with Gasteiger partial charge >= 0.3 is 0 Å². The number of nitriles is 2. The average molecular weight is 643 g/mol. The van der Waals surface area contributed by atoms with E-state index in [1.807, 2.05) is 73.1 Å². The van der Waals surface area contributed by atoms with E-state index in [4.69, 9.17) is 0 Å². The number of aryl methyl sites for hydroxylation is 2. The number of benzene rings is 4. The maximum absolute atomic E-state index is 9.70. The lowest BCUT2D eigenvalue weighted by Crippen LogP contribution is -2.01. The van der Waals surface area contributed by atoms with Crippen LogP contribution in [0.1, 0.15) is 22.3 Å². The van der Waals surface area contributed by atoms with Crippen LogP contribution in [0.5, 0.6) is 0 Å². The van der Waals surface area contributed by atoms with Crippen molar-refractivity contribution in [2.24, 2.45) is 0 Å². The molecule has 0 bridgehead atoms. The SMILES string of the molecule is Cc1ccc(-n2c(-c3ccc(C#N)cc3)c(-c3cccnc3)c3c2c(-c2cccnc2)c(-c2ccc(C#N)cc2)n3-c2ccc(C)cc2)cc1. The number of hydrogen-bond donors (Lipinski definition) is 0. The second-order valence-electron chi connectivity index (χ2n) is 12.3. The summed E-state index contributed by atoms with van der Waals surface area (Å²) in [5, 5.41) is 19.4. The summed E-state index contributed by atoms with van der Waals surface area (Å²) < 4.78 is 4.69. The number of rotatable bonds is 6. The summed E-state index contributed by atoms with van der Waals surface area (Å²) in [5.41, 5.74) is 15.3. The lowest BCUT2D eigenvalue weighted by molar-refractivity contribution is 1.13. The Morgan fingerprint density at radius 3 is 1.16 bits per heavy atom. The van der Waals surface area contributed by atoms with Gasteiger partial charge in [0.05, 0.1) is 45.7 Å². The highest BCUT2D eigenvalue weighted by Crippen LogP contribution is 2.51. The largest absolute Gasteiger partial charge is 0.306 e. The fourth-order valence-corrected chi connectivity index (χ4v) is 6.77. The first-order chi connectivity index (χ1) is 24.6. The maximum atomic E-state index is 9.70. The summed E-state index contributed by atoms with van der Waals surface area (Å²) in [5.74, 6) is 0. The average Bonchev–Trinajstić information content (AvgIpc) is 3.69. The molecule has 6 heteroatoms. The van der Waals surface area contributed by atoms with Gasteiger partial charge in [-0.2, -0.15) is 10.5 Å². The fraction of sp³-hybridized carbons (Fsp3) is 0.0455. The number of nitrogens with zero attached hydrogens (tertiary/aromatic N) is 6. The van der Waals surface area contributed by atoms with E-state index in [2.05, 4.69) is 106 Å². The Labute approximate surface area is 290 Å². The maximum Gasteiger partial charge on any atom is 0.0991 e. The molecule has 0 atom stereocenters. The molecule has 0 aliphatic heterocycles. The van der Waals surface area contributed by atoms with Crippen LogP contribution >= 0.6 is 0 Å². The molecule has 50 heavy (non-hydrogen) atoms. The molecule has 0 fully saturated rings. The standard InChI is InChI=1S/C44H30N6/c1-29-7-19-37(20-8-29)49-41(33-15-11-31(25-45)12-16-33)39(35-5-3-23-47-27-35)44-43(49)40(36-6-4-24-48-28-36)42(34-17-13-32(26-46)14-18-34)50(44)38-21-9-30(2)10-22-38/h3-24,27-28H,1-2H3. The van der Waals surface area contributed by atoms with Crippen LogP contribution in [0.15, 0.2) is 146 Å². The normalized spacial score (nSPS) is 11.0. The van der Waals surface area contributed by atoms with E-state index >= 15 is 0 Å². The molecule has 0 radical (unpaired) electrons. The monoisotopic (exact) mass is 642 g/mol. The van der Waals surface area contributed by atoms with E-state index in [9.17, 15) is 10.5 Å². The predicted octanol–water partition coefficient (Wildman–Crippen LogP) is 10.2. The molecule has 6 nitrogen and oxygen atoms in total. The third kappa shape index (κ3) is 5.13. The van der Waals surface area contributed by atoms with E-state index in [0.717, 1.165) is 78.3 Å². The molecule has 0 saturated heterocycles. The zero-order chi connectivity index (χ0) is 34.2. The Balaban J connectivity index is 1.67. The molecule has 0 spiro atoms. The second kappa shape index (κ2) is 12.5. The van der Waals surface area contributed by atoms with Gasteiger partial charge in [-0.15, -0.1) is 0 Å². The molecule has 0 aliphatic rings. The Morgan fingerprint density at radius 2 is 0.840 bits per heavy atom. The molecule has 0 aliphatic carbocycles. The third-order valence-electron chi connectivity index (χ3n) is 9.13. The van der Waals surface area contributed by atoms with Crippen molar-refractivity contribution in [1.82, 2.24) is 19.1 Å². The van der Waals surface area contributed by atoms with Crippen molar-refractivity contribution in [3.05, 3.63) is 168 Å². The first-order valence-electron chi connectivity index (χ1n) is 16.3. The predicted molar refractivity (Wildman–Crippen MR) is 199 cm³/mol. The molecule has 0 amide bonds. The van der Waals surface area contributed by atoms with Crippen LogP contribution in [0.25, 0.3) is 67.2 Å². The lowest BCUT2D eigenvalue weighted by atomic mass is 10.0. The van der Waals surface area contributed by atoms with Crippen LogP contribution in [-0.2, 0) is 0 Å². The van der Waals surface area contributed by atoms with Crippen molar-refractivity contribution in [2.75, 3.05) is 0 Å². The van der Waals surface area contributed by atoms with Crippen LogP contribution in [0.3, 0.4) is 0 Å². The Kier molecular flexibility index (Phi) is 7.60. The number of fused-ring (bicyclic) bond motifs is 1. The van der Waals surface area contributed by atoms with Crippen molar-refractivity contribution < 1.29 is 0 Å². The molecular formula is C44H30N6. The molecule has 0 N–H and O–H groups in total. The van der Waals surface area contributed by atoms with Crippen molar-refractivity contribution in [3.8, 4) is 68.3 Å². The number of aromatic nitrogens is 4. The highest BCUT2D eigenvalue weighted by Gasteiger charge is 2.32. The fourth-order valence-electron chi connectivity index (χ4n) is 6.77. The first kappa shape index (κ1) is 30.3. The molecule has 8 aromatic rings. The molecule has 0 unspecified atom stereocenters. The minimum Gasteiger partial charge on any atom is -0.306 e. The Hall–Kier alpha value is -7.02. The van der Waals surface area contributed by atoms with Crippen LogP contribution in [-0.4, -0.2) is 19.1 Å². The molecular weight excluding hydrogens is 613 g/mol. The first-order valence-corrected chi connectivity index (χ1v) is 16.3. The van der Waals surface area contributed by atoms with Gasteiger partial charge in [-0.3, -0.25) is 9.97 Å². The minimum atomic E-state index is 0.595. The van der Waals surface area contributed by atoms with E-state index in [-0.39, 0.29) is 0 Å². The highest BCUT2D eigenvalue weighted by atomic mass is 15.1. The van der Waals surface area contributed by atoms with E-state index < -0.39 is 0 Å². The van der Waals surface area contributed by atoms with Crippen molar-refractivity contribution in [2.45, 2.75) is 13.8 Å². The van der Waals surface area contributed by atoms with E-state index in [0.29, 0.717) is 11.1 Å². The summed E-state index contributed by atoms with van der Waals surface area (Å²) in [6.45, 7) is 4.19. The minimum absolute atomic E-state index is 0.595. The van der Waals surface area contributed by atoms with Gasteiger partial charge in [-0.25, -0.2) is 0 Å². The summed E-state index contributed by atoms with van der Waals surface area (Å²) in [6.07, 6.45) is 7.42. The van der Waals surface area contributed by atoms with Crippen molar-refractivity contribution in [1.29, 1.82) is 10.5 Å². The lowest BCUT2D eigenvalue weighted by Gasteiger charge is -2.18. The van der Waals surface area contributed by atoms with Crippen molar-refractivity contribution in [3.63, 3.8) is 0 Å². The third-order valence-corrected chi connectivity index (χ3v) is 9.13. The summed E-state index contributed by atoms with van der Waals surface area (Å²) in [4.78, 5) is 9.20. The second-order valence-corrected chi connectivity index (χ2v) is 12.3. The van der Waals surface area contributed by atoms with Gasteiger partial charge in [0.1, 0.15) is 0 Å². The van der Waals surface area contributed by atoms with Gasteiger partial charge in [0.25, 0.3) is 0 Å². The van der Waals surface area contributed by atoms with Crippen LogP contribution in [0.4, 0.5) is 0 Å². The summed E-state index contributed by atoms with van der Waals surface area (Å²) in [7, 11) is 0. The van der Waals surface area contributed by atoms with Gasteiger partial charge < -0.3 is 9.13 Å². The van der Waals surface area contributed by atoms with E-state index in [1.165, 1.54) is 0 Å². The number of pyridine rings is 2. The molecule has 0 saturated carbocycles. The van der Waals surface area contributed by atoms with Gasteiger partial charge in [0.2, 0.25) is 0 Å². The topological polar surface area (TPSA) is 83.2 Å². The zero-order valence-corrected chi connectivity index (χ0v) is 27.5. The molecule has 4 heterocycles. The smallest absolute Gasteiger partial charge is 0.0991 e. The Morgan fingerprint density at radius 1 is 0.460 bits per heavy atom. The van der Waals surface area contributed by atoms with Crippen molar-refractivity contribution >= 4 is 11.0 Å². The van der Waals surface area contributed by atoms with Crippen LogP contribution < -0.4 is 0 Å². The zero-order valence-electron chi connectivity index (χ0n) is 27.5. The van der Waals surface area contributed by atoms with Gasteiger partial charge in [0, 0.05) is 58.4 Å². The quantitative estimate of drug-likeness (QED) is 0.181. The van der Waals surface area contributed by atoms with E-state index in [1.54, 1.807) is 12.4 Å². The van der Waals surface area contributed by atoms with Crippen LogP contribution in [0, 0.1) is 36.5 Å². The van der Waals surface area contributed by atoms with Gasteiger partial charge in [-0.1, -0.05) is 71.8 Å².